The number of thioether (sulfide) groups is 1. The zero-order valence-corrected chi connectivity index (χ0v) is 16.3. The second-order valence-corrected chi connectivity index (χ2v) is 8.06. The molecule has 0 bridgehead atoms. The summed E-state index contributed by atoms with van der Waals surface area (Å²) in [5.74, 6) is 1.78. The van der Waals surface area contributed by atoms with E-state index in [9.17, 15) is 4.79 Å². The van der Waals surface area contributed by atoms with Crippen LogP contribution in [-0.2, 0) is 10.3 Å². The fourth-order valence-corrected chi connectivity index (χ4v) is 4.34. The van der Waals surface area contributed by atoms with Crippen molar-refractivity contribution in [2.24, 2.45) is 0 Å². The van der Waals surface area contributed by atoms with Gasteiger partial charge in [0.2, 0.25) is 5.91 Å². The third-order valence-electron chi connectivity index (χ3n) is 4.89. The number of carbonyl (C=O) groups excluding carboxylic acids is 1. The topological polar surface area (TPSA) is 73.3 Å². The van der Waals surface area contributed by atoms with Gasteiger partial charge in [0.05, 0.1) is 11.3 Å². The highest BCUT2D eigenvalue weighted by atomic mass is 35.5. The Bertz CT molecular complexity index is 825. The molecule has 1 saturated carbocycles. The highest BCUT2D eigenvalue weighted by molar-refractivity contribution is 7.99. The minimum Gasteiger partial charge on any atom is -0.486 e. The Morgan fingerprint density at radius 3 is 2.63 bits per heavy atom. The lowest BCUT2D eigenvalue weighted by atomic mass is 9.87. The Morgan fingerprint density at radius 1 is 1.11 bits per heavy atom. The average molecular weight is 406 g/mol. The summed E-state index contributed by atoms with van der Waals surface area (Å²) in [6.45, 7) is 1.12. The molecule has 1 aliphatic carbocycles. The van der Waals surface area contributed by atoms with Gasteiger partial charge in [-0.15, -0.1) is 10.2 Å². The normalized spacial score (nSPS) is 17.5. The van der Waals surface area contributed by atoms with Crippen LogP contribution in [0.5, 0.6) is 11.5 Å². The molecule has 2 aliphatic rings. The summed E-state index contributed by atoms with van der Waals surface area (Å²) >= 11 is 7.09. The molecule has 27 heavy (non-hydrogen) atoms. The van der Waals surface area contributed by atoms with Crippen molar-refractivity contribution in [2.75, 3.05) is 19.0 Å². The zero-order chi connectivity index (χ0) is 18.7. The van der Waals surface area contributed by atoms with Crippen LogP contribution in [0, 0.1) is 0 Å². The summed E-state index contributed by atoms with van der Waals surface area (Å²) in [6, 6.07) is 9.42. The third-order valence-corrected chi connectivity index (χ3v) is 6.01. The number of hydrogen-bond donors (Lipinski definition) is 1. The smallest absolute Gasteiger partial charge is 0.231 e. The summed E-state index contributed by atoms with van der Waals surface area (Å²) in [7, 11) is 0. The second kappa shape index (κ2) is 7.94. The molecule has 0 unspecified atom stereocenters. The molecule has 1 N–H and O–H groups in total. The van der Waals surface area contributed by atoms with Crippen LogP contribution in [0.15, 0.2) is 35.4 Å². The van der Waals surface area contributed by atoms with Crippen LogP contribution >= 0.6 is 23.4 Å². The fraction of sp³-hybridized carbons (Fsp3) is 0.421. The molecule has 1 aromatic heterocycles. The Kier molecular flexibility index (Phi) is 5.41. The number of fused-ring (bicyclic) bond motifs is 1. The SMILES string of the molecule is O=C(CSc1ccc(Cl)nn1)NC1(c2ccc3c(c2)OCCO3)CCCC1. The van der Waals surface area contributed by atoms with E-state index < -0.39 is 0 Å². The highest BCUT2D eigenvalue weighted by Gasteiger charge is 2.37. The first-order chi connectivity index (χ1) is 13.1. The van der Waals surface area contributed by atoms with E-state index in [1.165, 1.54) is 11.8 Å². The number of nitrogens with zero attached hydrogens (tertiary/aromatic N) is 2. The molecule has 8 heteroatoms. The molecular formula is C19H20ClN3O3S. The number of nitrogens with one attached hydrogen (secondary N) is 1. The standard InChI is InChI=1S/C19H20ClN3O3S/c20-16-5-6-18(23-22-16)27-12-17(24)21-19(7-1-2-8-19)13-3-4-14-15(11-13)26-10-9-25-14/h3-6,11H,1-2,7-10,12H2,(H,21,24). The predicted molar refractivity (Wildman–Crippen MR) is 103 cm³/mol. The summed E-state index contributed by atoms with van der Waals surface area (Å²) in [5, 5.41) is 12.1. The second-order valence-electron chi connectivity index (χ2n) is 6.68. The molecule has 2 heterocycles. The van der Waals surface area contributed by atoms with Crippen molar-refractivity contribution in [3.63, 3.8) is 0 Å². The van der Waals surface area contributed by atoms with Crippen molar-refractivity contribution in [1.29, 1.82) is 0 Å². The number of amides is 1. The first-order valence-corrected chi connectivity index (χ1v) is 10.3. The minimum absolute atomic E-state index is 0.0199. The quantitative estimate of drug-likeness (QED) is 0.766. The molecule has 1 amide bonds. The van der Waals surface area contributed by atoms with E-state index in [1.54, 1.807) is 12.1 Å². The summed E-state index contributed by atoms with van der Waals surface area (Å²) in [4.78, 5) is 12.6. The van der Waals surface area contributed by atoms with Gasteiger partial charge in [0.25, 0.3) is 0 Å². The summed E-state index contributed by atoms with van der Waals surface area (Å²) in [6.07, 6.45) is 4.02. The van der Waals surface area contributed by atoms with E-state index in [1.807, 2.05) is 18.2 Å². The van der Waals surface area contributed by atoms with Crippen LogP contribution in [0.25, 0.3) is 0 Å². The van der Waals surface area contributed by atoms with Crippen LogP contribution in [0.4, 0.5) is 0 Å². The maximum absolute atomic E-state index is 12.6. The third kappa shape index (κ3) is 4.14. The van der Waals surface area contributed by atoms with Crippen molar-refractivity contribution in [3.8, 4) is 11.5 Å². The number of rotatable bonds is 5. The largest absolute Gasteiger partial charge is 0.486 e. The van der Waals surface area contributed by atoms with Gasteiger partial charge in [0.1, 0.15) is 18.2 Å². The van der Waals surface area contributed by atoms with Crippen molar-refractivity contribution in [1.82, 2.24) is 15.5 Å². The van der Waals surface area contributed by atoms with E-state index in [2.05, 4.69) is 15.5 Å². The minimum atomic E-state index is -0.348. The number of ether oxygens (including phenoxy) is 2. The van der Waals surface area contributed by atoms with Crippen molar-refractivity contribution in [3.05, 3.63) is 41.0 Å². The van der Waals surface area contributed by atoms with Crippen molar-refractivity contribution in [2.45, 2.75) is 36.2 Å². The Labute approximate surface area is 167 Å². The Hall–Kier alpha value is -1.99. The predicted octanol–water partition coefficient (Wildman–Crippen LogP) is 3.58. The zero-order valence-electron chi connectivity index (χ0n) is 14.7. The number of halogens is 1. The number of hydrogen-bond acceptors (Lipinski definition) is 6. The number of benzene rings is 1. The van der Waals surface area contributed by atoms with Crippen LogP contribution in [-0.4, -0.2) is 35.1 Å². The van der Waals surface area contributed by atoms with Crippen LogP contribution in [0.3, 0.4) is 0 Å². The Morgan fingerprint density at radius 2 is 1.89 bits per heavy atom. The van der Waals surface area contributed by atoms with Gasteiger partial charge in [-0.3, -0.25) is 4.79 Å². The van der Waals surface area contributed by atoms with E-state index in [-0.39, 0.29) is 17.2 Å². The lowest BCUT2D eigenvalue weighted by Crippen LogP contribution is -2.44. The van der Waals surface area contributed by atoms with Crippen LogP contribution < -0.4 is 14.8 Å². The molecule has 0 radical (unpaired) electrons. The molecule has 4 rings (SSSR count). The van der Waals surface area contributed by atoms with Gasteiger partial charge in [0.15, 0.2) is 16.7 Å². The molecule has 0 spiro atoms. The highest BCUT2D eigenvalue weighted by Crippen LogP contribution is 2.42. The average Bonchev–Trinajstić information content (AvgIpc) is 3.17. The van der Waals surface area contributed by atoms with Crippen LogP contribution in [0.2, 0.25) is 5.15 Å². The Balaban J connectivity index is 1.47. The fourth-order valence-electron chi connectivity index (χ4n) is 3.63. The van der Waals surface area contributed by atoms with Crippen LogP contribution in [0.1, 0.15) is 31.2 Å². The van der Waals surface area contributed by atoms with E-state index in [0.29, 0.717) is 23.4 Å². The van der Waals surface area contributed by atoms with Crippen molar-refractivity contribution >= 4 is 29.3 Å². The summed E-state index contributed by atoms with van der Waals surface area (Å²) in [5.41, 5.74) is 0.730. The van der Waals surface area contributed by atoms with Gasteiger partial charge >= 0.3 is 0 Å². The van der Waals surface area contributed by atoms with E-state index in [4.69, 9.17) is 21.1 Å². The molecule has 2 aromatic rings. The molecule has 1 aliphatic heterocycles. The first kappa shape index (κ1) is 18.4. The maximum Gasteiger partial charge on any atom is 0.231 e. The van der Waals surface area contributed by atoms with Gasteiger partial charge in [-0.1, -0.05) is 42.3 Å². The lowest BCUT2D eigenvalue weighted by Gasteiger charge is -2.32. The van der Waals surface area contributed by atoms with E-state index in [0.717, 1.165) is 42.7 Å². The molecule has 1 fully saturated rings. The molecule has 1 aromatic carbocycles. The van der Waals surface area contributed by atoms with Gasteiger partial charge < -0.3 is 14.8 Å². The number of aromatic nitrogens is 2. The molecule has 0 atom stereocenters. The number of carbonyl (C=O) groups is 1. The maximum atomic E-state index is 12.6. The molecule has 6 nitrogen and oxygen atoms in total. The van der Waals surface area contributed by atoms with Crippen molar-refractivity contribution < 1.29 is 14.3 Å². The van der Waals surface area contributed by atoms with E-state index >= 15 is 0 Å². The molecular weight excluding hydrogens is 386 g/mol. The molecule has 142 valence electrons. The molecule has 0 saturated heterocycles. The lowest BCUT2D eigenvalue weighted by molar-refractivity contribution is -0.120. The first-order valence-electron chi connectivity index (χ1n) is 8.98. The monoisotopic (exact) mass is 405 g/mol. The van der Waals surface area contributed by atoms with Gasteiger partial charge in [-0.2, -0.15) is 0 Å². The van der Waals surface area contributed by atoms with Gasteiger partial charge in [-0.25, -0.2) is 0 Å². The van der Waals surface area contributed by atoms with Gasteiger partial charge in [0, 0.05) is 0 Å². The van der Waals surface area contributed by atoms with Gasteiger partial charge in [-0.05, 0) is 42.7 Å². The summed E-state index contributed by atoms with van der Waals surface area (Å²) < 4.78 is 11.3.